The molecule has 1 fully saturated rings. The Hall–Kier alpha value is -4.72. The average Bonchev–Trinajstić information content (AvgIpc) is 3.78. The highest BCUT2D eigenvalue weighted by molar-refractivity contribution is 7.49. The standard InChI is InChI=1S/C27H26N5O10P/c1-14-17(19(33)9-18(14)32-11-29-24-25(32)30-27(28)31-26(24)35-2)10-40-43(34,41-15-3-5-20-22(7-15)38-12-36-20)42-16-4-6-21-23(8-16)39-13-37-21/h3-8,11,17-19,33H,1,9-10,12-13H2,2H3,(H2,28,30,31)/t17?,18-,19-/m0/s1. The van der Waals surface area contributed by atoms with Gasteiger partial charge in [-0.3, -0.25) is 4.52 Å². The number of aliphatic hydroxyl groups excluding tert-OH is 1. The van der Waals surface area contributed by atoms with E-state index in [0.29, 0.717) is 39.7 Å². The van der Waals surface area contributed by atoms with Crippen molar-refractivity contribution < 1.29 is 46.9 Å². The number of ether oxygens (including phenoxy) is 5. The van der Waals surface area contributed by atoms with Crippen LogP contribution >= 0.6 is 7.82 Å². The molecule has 1 unspecified atom stereocenters. The Bertz CT molecular complexity index is 1720. The normalized spacial score (nSPS) is 20.5. The van der Waals surface area contributed by atoms with E-state index in [4.69, 9.17) is 43.0 Å². The molecule has 43 heavy (non-hydrogen) atoms. The molecule has 0 spiro atoms. The molecule has 3 aliphatic rings. The quantitative estimate of drug-likeness (QED) is 0.207. The number of fused-ring (bicyclic) bond motifs is 3. The van der Waals surface area contributed by atoms with Crippen LogP contribution in [0.1, 0.15) is 12.5 Å². The molecule has 0 amide bonds. The zero-order valence-corrected chi connectivity index (χ0v) is 23.6. The first-order chi connectivity index (χ1) is 20.8. The molecule has 1 saturated carbocycles. The predicted octanol–water partition coefficient (Wildman–Crippen LogP) is 3.64. The van der Waals surface area contributed by atoms with Crippen molar-refractivity contribution in [3.63, 3.8) is 0 Å². The summed E-state index contributed by atoms with van der Waals surface area (Å²) in [5.74, 6) is 1.80. The van der Waals surface area contributed by atoms with E-state index in [1.807, 2.05) is 0 Å². The number of rotatable bonds is 9. The number of imidazole rings is 1. The second kappa shape index (κ2) is 10.5. The molecular weight excluding hydrogens is 585 g/mol. The van der Waals surface area contributed by atoms with Crippen LogP contribution in [0.15, 0.2) is 54.9 Å². The minimum Gasteiger partial charge on any atom is -0.479 e. The molecule has 3 atom stereocenters. The summed E-state index contributed by atoms with van der Waals surface area (Å²) in [7, 11) is -2.91. The van der Waals surface area contributed by atoms with Crippen molar-refractivity contribution in [2.45, 2.75) is 18.6 Å². The first-order valence-electron chi connectivity index (χ1n) is 13.1. The van der Waals surface area contributed by atoms with Crippen LogP contribution < -0.4 is 38.5 Å². The van der Waals surface area contributed by atoms with E-state index in [9.17, 15) is 9.67 Å². The topological polar surface area (TPSA) is 181 Å². The van der Waals surface area contributed by atoms with Gasteiger partial charge in [0.1, 0.15) is 11.5 Å². The lowest BCUT2D eigenvalue weighted by Gasteiger charge is -2.23. The van der Waals surface area contributed by atoms with Crippen molar-refractivity contribution >= 4 is 24.9 Å². The van der Waals surface area contributed by atoms with Gasteiger partial charge in [-0.05, 0) is 36.3 Å². The highest BCUT2D eigenvalue weighted by atomic mass is 31.2. The van der Waals surface area contributed by atoms with Crippen molar-refractivity contribution in [1.82, 2.24) is 19.5 Å². The lowest BCUT2D eigenvalue weighted by molar-refractivity contribution is 0.0971. The summed E-state index contributed by atoms with van der Waals surface area (Å²) in [6.07, 6.45) is 0.922. The molecule has 16 heteroatoms. The summed E-state index contributed by atoms with van der Waals surface area (Å²) in [4.78, 5) is 12.7. The third-order valence-electron chi connectivity index (χ3n) is 7.30. The van der Waals surface area contributed by atoms with Crippen LogP contribution in [-0.4, -0.2) is 58.0 Å². The van der Waals surface area contributed by atoms with Gasteiger partial charge in [0, 0.05) is 18.1 Å². The summed E-state index contributed by atoms with van der Waals surface area (Å²) in [6.45, 7) is 4.09. The maximum absolute atomic E-state index is 14.1. The van der Waals surface area contributed by atoms with Gasteiger partial charge >= 0.3 is 7.82 Å². The van der Waals surface area contributed by atoms with Crippen LogP contribution in [0.25, 0.3) is 11.2 Å². The number of phosphoric acid groups is 1. The minimum atomic E-state index is -4.37. The maximum Gasteiger partial charge on any atom is 0.587 e. The summed E-state index contributed by atoms with van der Waals surface area (Å²) in [6, 6.07) is 8.97. The van der Waals surface area contributed by atoms with E-state index in [-0.39, 0.29) is 49.9 Å². The molecule has 224 valence electrons. The van der Waals surface area contributed by atoms with Gasteiger partial charge < -0.3 is 48.1 Å². The summed E-state index contributed by atoms with van der Waals surface area (Å²) in [5.41, 5.74) is 7.31. The minimum absolute atomic E-state index is 0.0115. The Morgan fingerprint density at radius 1 is 1.02 bits per heavy atom. The second-order valence-electron chi connectivity index (χ2n) is 9.87. The van der Waals surface area contributed by atoms with Gasteiger partial charge in [0.25, 0.3) is 0 Å². The largest absolute Gasteiger partial charge is 0.587 e. The second-order valence-corrected chi connectivity index (χ2v) is 11.4. The molecule has 2 aliphatic heterocycles. The molecular formula is C27H26N5O10P. The zero-order chi connectivity index (χ0) is 29.7. The monoisotopic (exact) mass is 611 g/mol. The van der Waals surface area contributed by atoms with E-state index in [1.54, 1.807) is 35.2 Å². The van der Waals surface area contributed by atoms with Crippen molar-refractivity contribution in [2.24, 2.45) is 5.92 Å². The summed E-state index contributed by atoms with van der Waals surface area (Å²) >= 11 is 0. The Kier molecular flexibility index (Phi) is 6.64. The molecule has 4 heterocycles. The van der Waals surface area contributed by atoms with Crippen molar-refractivity contribution in [3.05, 3.63) is 54.9 Å². The molecule has 0 radical (unpaired) electrons. The Balaban J connectivity index is 1.14. The molecule has 15 nitrogen and oxygen atoms in total. The molecule has 1 aliphatic carbocycles. The molecule has 2 aromatic heterocycles. The number of nitrogens with zero attached hydrogens (tertiary/aromatic N) is 4. The van der Waals surface area contributed by atoms with Crippen LogP contribution in [0.5, 0.6) is 40.4 Å². The highest BCUT2D eigenvalue weighted by Crippen LogP contribution is 2.53. The Morgan fingerprint density at radius 3 is 2.28 bits per heavy atom. The number of hydrogen-bond donors (Lipinski definition) is 2. The Labute approximate surface area is 244 Å². The number of aliphatic hydroxyl groups is 1. The van der Waals surface area contributed by atoms with E-state index in [1.165, 1.54) is 19.2 Å². The highest BCUT2D eigenvalue weighted by Gasteiger charge is 2.42. The van der Waals surface area contributed by atoms with Gasteiger partial charge in [0.05, 0.1) is 32.2 Å². The van der Waals surface area contributed by atoms with Gasteiger partial charge in [0.15, 0.2) is 34.2 Å². The van der Waals surface area contributed by atoms with Crippen molar-refractivity contribution in [2.75, 3.05) is 33.0 Å². The van der Waals surface area contributed by atoms with Crippen LogP contribution in [0.2, 0.25) is 0 Å². The number of hydrogen-bond acceptors (Lipinski definition) is 14. The molecule has 3 N–H and O–H groups in total. The number of anilines is 1. The van der Waals surface area contributed by atoms with E-state index < -0.39 is 25.9 Å². The van der Waals surface area contributed by atoms with Gasteiger partial charge in [-0.25, -0.2) is 9.55 Å². The van der Waals surface area contributed by atoms with Crippen molar-refractivity contribution in [3.8, 4) is 40.4 Å². The number of phosphoric ester groups is 1. The van der Waals surface area contributed by atoms with Gasteiger partial charge in [-0.1, -0.05) is 6.58 Å². The van der Waals surface area contributed by atoms with E-state index >= 15 is 0 Å². The van der Waals surface area contributed by atoms with E-state index in [0.717, 1.165) is 0 Å². The number of nitrogens with two attached hydrogens (primary N) is 1. The number of aromatic nitrogens is 4. The van der Waals surface area contributed by atoms with Crippen LogP contribution in [0.3, 0.4) is 0 Å². The first-order valence-corrected chi connectivity index (χ1v) is 14.6. The van der Waals surface area contributed by atoms with Crippen LogP contribution in [0.4, 0.5) is 5.95 Å². The smallest absolute Gasteiger partial charge is 0.479 e. The van der Waals surface area contributed by atoms with Gasteiger partial charge in [0.2, 0.25) is 25.4 Å². The van der Waals surface area contributed by atoms with Crippen LogP contribution in [0, 0.1) is 5.92 Å². The van der Waals surface area contributed by atoms with Gasteiger partial charge in [-0.2, -0.15) is 9.97 Å². The molecule has 2 aromatic carbocycles. The number of methoxy groups -OCH3 is 1. The third-order valence-corrected chi connectivity index (χ3v) is 8.64. The number of benzene rings is 2. The van der Waals surface area contributed by atoms with Crippen molar-refractivity contribution in [1.29, 1.82) is 0 Å². The first kappa shape index (κ1) is 27.1. The fourth-order valence-corrected chi connectivity index (χ4v) is 6.42. The SMILES string of the molecule is C=C1C(COP(=O)(Oc2ccc3c(c2)OCO3)Oc2ccc3c(c2)OCO3)[C@@H](O)C[C@@H]1n1cnc2c(OC)nc(N)nc21. The fourth-order valence-electron chi connectivity index (χ4n) is 5.19. The maximum atomic E-state index is 14.1. The molecule has 7 rings (SSSR count). The lowest BCUT2D eigenvalue weighted by atomic mass is 10.0. The predicted molar refractivity (Wildman–Crippen MR) is 149 cm³/mol. The summed E-state index contributed by atoms with van der Waals surface area (Å²) < 4.78 is 60.2. The number of nitrogen functional groups attached to an aromatic ring is 1. The fraction of sp³-hybridized carbons (Fsp3) is 0.296. The molecule has 0 saturated heterocycles. The Morgan fingerprint density at radius 2 is 1.65 bits per heavy atom. The van der Waals surface area contributed by atoms with E-state index in [2.05, 4.69) is 21.5 Å². The average molecular weight is 612 g/mol. The summed E-state index contributed by atoms with van der Waals surface area (Å²) in [5, 5.41) is 11.1. The lowest BCUT2D eigenvalue weighted by Crippen LogP contribution is -2.21. The molecule has 4 aromatic rings. The molecule has 0 bridgehead atoms. The zero-order valence-electron chi connectivity index (χ0n) is 22.7. The van der Waals surface area contributed by atoms with Gasteiger partial charge in [-0.15, -0.1) is 0 Å². The van der Waals surface area contributed by atoms with Crippen LogP contribution in [-0.2, 0) is 9.09 Å². The third kappa shape index (κ3) is 5.01.